The quantitative estimate of drug-likeness (QED) is 0.870. The van der Waals surface area contributed by atoms with Crippen molar-refractivity contribution in [1.82, 2.24) is 9.97 Å². The van der Waals surface area contributed by atoms with Crippen molar-refractivity contribution in [3.05, 3.63) is 17.6 Å². The second-order valence-electron chi connectivity index (χ2n) is 4.84. The number of hydrogen-bond acceptors (Lipinski definition) is 4. The summed E-state index contributed by atoms with van der Waals surface area (Å²) in [4.78, 5) is 8.76. The van der Waals surface area contributed by atoms with E-state index in [-0.39, 0.29) is 0 Å². The molecule has 0 radical (unpaired) electrons. The van der Waals surface area contributed by atoms with Crippen molar-refractivity contribution in [2.24, 2.45) is 11.7 Å². The van der Waals surface area contributed by atoms with Crippen molar-refractivity contribution in [1.29, 1.82) is 0 Å². The third kappa shape index (κ3) is 2.94. The van der Waals surface area contributed by atoms with Crippen LogP contribution in [0.4, 0.5) is 0 Å². The zero-order chi connectivity index (χ0) is 12.3. The lowest BCUT2D eigenvalue weighted by atomic mass is 9.80. The maximum Gasteiger partial charge on any atom is 0.216 e. The number of nitrogens with two attached hydrogens (primary N) is 1. The average Bonchev–Trinajstić information content (AvgIpc) is 2.38. The van der Waals surface area contributed by atoms with Crippen molar-refractivity contribution < 1.29 is 4.74 Å². The molecule has 1 aliphatic rings. The number of ether oxygens (including phenoxy) is 1. The van der Waals surface area contributed by atoms with E-state index in [9.17, 15) is 0 Å². The Bertz CT molecular complexity index is 373. The van der Waals surface area contributed by atoms with E-state index in [1.807, 2.05) is 13.0 Å². The van der Waals surface area contributed by atoms with Gasteiger partial charge in [0.25, 0.3) is 0 Å². The first-order valence-electron chi connectivity index (χ1n) is 6.32. The molecular weight excluding hydrogens is 214 g/mol. The monoisotopic (exact) mass is 235 g/mol. The Morgan fingerprint density at radius 3 is 2.59 bits per heavy atom. The number of hydrogen-bond donors (Lipinski definition) is 1. The van der Waals surface area contributed by atoms with Crippen LogP contribution < -0.4 is 10.5 Å². The van der Waals surface area contributed by atoms with Gasteiger partial charge in [0, 0.05) is 12.0 Å². The summed E-state index contributed by atoms with van der Waals surface area (Å²) in [7, 11) is 1.65. The molecule has 4 nitrogen and oxygen atoms in total. The van der Waals surface area contributed by atoms with Crippen LogP contribution in [0.5, 0.6) is 5.88 Å². The molecule has 17 heavy (non-hydrogen) atoms. The largest absolute Gasteiger partial charge is 0.481 e. The van der Waals surface area contributed by atoms with Crippen molar-refractivity contribution in [2.75, 3.05) is 13.7 Å². The molecular formula is C13H21N3O. The summed E-state index contributed by atoms with van der Waals surface area (Å²) in [5, 5.41) is 0. The summed E-state index contributed by atoms with van der Waals surface area (Å²) >= 11 is 0. The number of aromatic nitrogens is 2. The van der Waals surface area contributed by atoms with Crippen LogP contribution in [-0.2, 0) is 0 Å². The highest BCUT2D eigenvalue weighted by Gasteiger charge is 2.23. The fourth-order valence-corrected chi connectivity index (χ4v) is 2.57. The third-order valence-corrected chi connectivity index (χ3v) is 3.64. The molecule has 1 aliphatic carbocycles. The number of rotatable bonds is 3. The number of methoxy groups -OCH3 is 1. The van der Waals surface area contributed by atoms with Gasteiger partial charge in [0.05, 0.1) is 12.8 Å². The molecule has 0 aromatic carbocycles. The van der Waals surface area contributed by atoms with Gasteiger partial charge in [-0.1, -0.05) is 0 Å². The lowest BCUT2D eigenvalue weighted by Crippen LogP contribution is -2.21. The summed E-state index contributed by atoms with van der Waals surface area (Å²) in [6.07, 6.45) is 4.79. The van der Waals surface area contributed by atoms with Gasteiger partial charge in [-0.15, -0.1) is 0 Å². The molecule has 1 heterocycles. The summed E-state index contributed by atoms with van der Waals surface area (Å²) in [6.45, 7) is 2.73. The van der Waals surface area contributed by atoms with Crippen molar-refractivity contribution in [3.8, 4) is 5.88 Å². The predicted molar refractivity (Wildman–Crippen MR) is 67.1 cm³/mol. The Morgan fingerprint density at radius 1 is 1.29 bits per heavy atom. The summed E-state index contributed by atoms with van der Waals surface area (Å²) < 4.78 is 5.20. The normalized spacial score (nSPS) is 24.6. The van der Waals surface area contributed by atoms with Crippen LogP contribution in [0.3, 0.4) is 0 Å². The van der Waals surface area contributed by atoms with Crippen LogP contribution in [0.1, 0.15) is 43.1 Å². The van der Waals surface area contributed by atoms with Crippen LogP contribution in [0, 0.1) is 12.8 Å². The van der Waals surface area contributed by atoms with Crippen LogP contribution >= 0.6 is 0 Å². The van der Waals surface area contributed by atoms with E-state index in [0.29, 0.717) is 17.7 Å². The third-order valence-electron chi connectivity index (χ3n) is 3.64. The zero-order valence-corrected chi connectivity index (χ0v) is 10.6. The topological polar surface area (TPSA) is 61.0 Å². The van der Waals surface area contributed by atoms with Gasteiger partial charge >= 0.3 is 0 Å². The zero-order valence-electron chi connectivity index (χ0n) is 10.6. The Hall–Kier alpha value is -1.16. The minimum atomic E-state index is 0.549. The molecule has 0 aliphatic heterocycles. The number of aryl methyl sites for hydroxylation is 1. The van der Waals surface area contributed by atoms with Gasteiger partial charge in [0.2, 0.25) is 5.88 Å². The molecule has 0 amide bonds. The first-order chi connectivity index (χ1) is 8.22. The predicted octanol–water partition coefficient (Wildman–Crippen LogP) is 2.03. The van der Waals surface area contributed by atoms with Gasteiger partial charge in [0.1, 0.15) is 5.82 Å². The molecule has 0 spiro atoms. The fourth-order valence-electron chi connectivity index (χ4n) is 2.57. The molecule has 0 saturated heterocycles. The Kier molecular flexibility index (Phi) is 3.94. The molecule has 0 atom stereocenters. The molecule has 1 saturated carbocycles. The Balaban J connectivity index is 2.10. The van der Waals surface area contributed by atoms with Gasteiger partial charge < -0.3 is 10.5 Å². The highest BCUT2D eigenvalue weighted by atomic mass is 16.5. The van der Waals surface area contributed by atoms with Crippen LogP contribution in [0.25, 0.3) is 0 Å². The van der Waals surface area contributed by atoms with Crippen LogP contribution in [0.2, 0.25) is 0 Å². The maximum absolute atomic E-state index is 5.71. The van der Waals surface area contributed by atoms with E-state index in [2.05, 4.69) is 9.97 Å². The Morgan fingerprint density at radius 2 is 2.00 bits per heavy atom. The molecule has 94 valence electrons. The average molecular weight is 235 g/mol. The van der Waals surface area contributed by atoms with Crippen LogP contribution in [-0.4, -0.2) is 23.6 Å². The van der Waals surface area contributed by atoms with E-state index < -0.39 is 0 Å². The number of nitrogens with zero attached hydrogens (tertiary/aromatic N) is 2. The molecule has 2 N–H and O–H groups in total. The van der Waals surface area contributed by atoms with Gasteiger partial charge in [0.15, 0.2) is 0 Å². The first kappa shape index (κ1) is 12.3. The standard InChI is InChI=1S/C13H21N3O/c1-9-15-12(7-13(16-9)17-2)11-5-3-10(8-14)4-6-11/h7,10-11H,3-6,8,14H2,1-2H3. The first-order valence-corrected chi connectivity index (χ1v) is 6.32. The Labute approximate surface area is 103 Å². The van der Waals surface area contributed by atoms with Gasteiger partial charge in [-0.25, -0.2) is 4.98 Å². The summed E-state index contributed by atoms with van der Waals surface area (Å²) in [5.74, 6) is 2.72. The lowest BCUT2D eigenvalue weighted by Gasteiger charge is -2.27. The molecule has 0 unspecified atom stereocenters. The molecule has 1 aromatic heterocycles. The molecule has 0 bridgehead atoms. The van der Waals surface area contributed by atoms with E-state index >= 15 is 0 Å². The van der Waals surface area contributed by atoms with Gasteiger partial charge in [-0.3, -0.25) is 0 Å². The lowest BCUT2D eigenvalue weighted by molar-refractivity contribution is 0.327. The van der Waals surface area contributed by atoms with E-state index in [1.54, 1.807) is 7.11 Å². The molecule has 4 heteroatoms. The minimum absolute atomic E-state index is 0.549. The molecule has 1 fully saturated rings. The molecule has 1 aromatic rings. The van der Waals surface area contributed by atoms with Gasteiger partial charge in [-0.05, 0) is 45.1 Å². The van der Waals surface area contributed by atoms with Crippen molar-refractivity contribution >= 4 is 0 Å². The highest BCUT2D eigenvalue weighted by molar-refractivity contribution is 5.19. The van der Waals surface area contributed by atoms with E-state index in [1.165, 1.54) is 25.7 Å². The SMILES string of the molecule is COc1cc(C2CCC(CN)CC2)nc(C)n1. The second kappa shape index (κ2) is 5.45. The van der Waals surface area contributed by atoms with E-state index in [0.717, 1.165) is 18.1 Å². The van der Waals surface area contributed by atoms with Crippen LogP contribution in [0.15, 0.2) is 6.07 Å². The summed E-state index contributed by atoms with van der Waals surface area (Å²) in [5.41, 5.74) is 6.84. The fraction of sp³-hybridized carbons (Fsp3) is 0.692. The van der Waals surface area contributed by atoms with Gasteiger partial charge in [-0.2, -0.15) is 4.98 Å². The minimum Gasteiger partial charge on any atom is -0.481 e. The summed E-state index contributed by atoms with van der Waals surface area (Å²) in [6, 6.07) is 1.97. The molecule has 2 rings (SSSR count). The highest BCUT2D eigenvalue weighted by Crippen LogP contribution is 2.35. The second-order valence-corrected chi connectivity index (χ2v) is 4.84. The smallest absolute Gasteiger partial charge is 0.216 e. The van der Waals surface area contributed by atoms with Crippen molar-refractivity contribution in [3.63, 3.8) is 0 Å². The van der Waals surface area contributed by atoms with E-state index in [4.69, 9.17) is 10.5 Å². The van der Waals surface area contributed by atoms with Crippen molar-refractivity contribution in [2.45, 2.75) is 38.5 Å². The maximum atomic E-state index is 5.71.